The summed E-state index contributed by atoms with van der Waals surface area (Å²) in [5.74, 6) is -0.0804. The fourth-order valence-electron chi connectivity index (χ4n) is 2.57. The second-order valence-corrected chi connectivity index (χ2v) is 5.45. The quantitative estimate of drug-likeness (QED) is 0.617. The summed E-state index contributed by atoms with van der Waals surface area (Å²) in [6, 6.07) is 12.6. The Hall–Kier alpha value is -3.35. The molecule has 0 aliphatic heterocycles. The summed E-state index contributed by atoms with van der Waals surface area (Å²) in [6.07, 6.45) is 2.99. The molecule has 0 aliphatic rings. The SMILES string of the molecule is Fc1ccc(CNc2ncnc3c2cnn3-c2ccccc2F)cc1. The molecule has 4 rings (SSSR count). The predicted octanol–water partition coefficient (Wildman–Crippen LogP) is 3.71. The molecule has 1 N–H and O–H groups in total. The minimum Gasteiger partial charge on any atom is -0.365 e. The highest BCUT2D eigenvalue weighted by Gasteiger charge is 2.13. The number of benzene rings is 2. The van der Waals surface area contributed by atoms with E-state index in [1.165, 1.54) is 29.2 Å². The van der Waals surface area contributed by atoms with Crippen LogP contribution in [0.4, 0.5) is 14.6 Å². The fourth-order valence-corrected chi connectivity index (χ4v) is 2.57. The first-order chi connectivity index (χ1) is 12.2. The number of para-hydroxylation sites is 1. The van der Waals surface area contributed by atoms with E-state index in [4.69, 9.17) is 0 Å². The predicted molar refractivity (Wildman–Crippen MR) is 90.3 cm³/mol. The van der Waals surface area contributed by atoms with Crippen LogP contribution in [0.1, 0.15) is 5.56 Å². The van der Waals surface area contributed by atoms with Crippen molar-refractivity contribution >= 4 is 16.9 Å². The lowest BCUT2D eigenvalue weighted by molar-refractivity contribution is 0.612. The van der Waals surface area contributed by atoms with Crippen LogP contribution in [-0.2, 0) is 6.54 Å². The van der Waals surface area contributed by atoms with Gasteiger partial charge in [-0.2, -0.15) is 5.10 Å². The van der Waals surface area contributed by atoms with Gasteiger partial charge in [0.05, 0.1) is 11.6 Å². The van der Waals surface area contributed by atoms with E-state index in [0.717, 1.165) is 5.56 Å². The third kappa shape index (κ3) is 2.91. The maximum Gasteiger partial charge on any atom is 0.168 e. The van der Waals surface area contributed by atoms with Crippen molar-refractivity contribution < 1.29 is 8.78 Å². The molecule has 0 spiro atoms. The van der Waals surface area contributed by atoms with Crippen molar-refractivity contribution in [1.29, 1.82) is 0 Å². The number of anilines is 1. The average molecular weight is 337 g/mol. The Labute approximate surface area is 142 Å². The van der Waals surface area contributed by atoms with E-state index in [9.17, 15) is 8.78 Å². The van der Waals surface area contributed by atoms with Gasteiger partial charge in [0.25, 0.3) is 0 Å². The Morgan fingerprint density at radius 1 is 0.960 bits per heavy atom. The molecule has 2 heterocycles. The van der Waals surface area contributed by atoms with Gasteiger partial charge in [-0.25, -0.2) is 23.4 Å². The lowest BCUT2D eigenvalue weighted by atomic mass is 10.2. The molecule has 0 aliphatic carbocycles. The molecule has 0 radical (unpaired) electrons. The van der Waals surface area contributed by atoms with Crippen molar-refractivity contribution in [3.05, 3.63) is 78.3 Å². The second kappa shape index (κ2) is 6.27. The van der Waals surface area contributed by atoms with Crippen molar-refractivity contribution in [2.75, 3.05) is 5.32 Å². The molecule has 2 aromatic heterocycles. The first-order valence-corrected chi connectivity index (χ1v) is 7.64. The van der Waals surface area contributed by atoms with Crippen LogP contribution in [0.5, 0.6) is 0 Å². The number of nitrogens with zero attached hydrogens (tertiary/aromatic N) is 4. The van der Waals surface area contributed by atoms with Gasteiger partial charge in [0, 0.05) is 6.54 Å². The highest BCUT2D eigenvalue weighted by molar-refractivity contribution is 5.87. The Morgan fingerprint density at radius 3 is 2.56 bits per heavy atom. The molecule has 0 bridgehead atoms. The summed E-state index contributed by atoms with van der Waals surface area (Å²) >= 11 is 0. The Balaban J connectivity index is 1.67. The van der Waals surface area contributed by atoms with Gasteiger partial charge in [0.15, 0.2) is 5.65 Å². The van der Waals surface area contributed by atoms with Gasteiger partial charge in [-0.15, -0.1) is 0 Å². The molecular weight excluding hydrogens is 324 g/mol. The Bertz CT molecular complexity index is 1030. The van der Waals surface area contributed by atoms with Gasteiger partial charge in [-0.3, -0.25) is 0 Å². The molecule has 25 heavy (non-hydrogen) atoms. The Kier molecular flexibility index (Phi) is 3.81. The minimum absolute atomic E-state index is 0.278. The third-order valence-corrected chi connectivity index (χ3v) is 3.82. The van der Waals surface area contributed by atoms with Crippen LogP contribution < -0.4 is 5.32 Å². The zero-order valence-electron chi connectivity index (χ0n) is 13.0. The summed E-state index contributed by atoms with van der Waals surface area (Å²) in [5.41, 5.74) is 1.73. The van der Waals surface area contributed by atoms with Crippen LogP contribution in [0, 0.1) is 11.6 Å². The summed E-state index contributed by atoms with van der Waals surface area (Å²) < 4.78 is 28.4. The smallest absolute Gasteiger partial charge is 0.168 e. The van der Waals surface area contributed by atoms with Crippen LogP contribution in [0.2, 0.25) is 0 Å². The number of nitrogens with one attached hydrogen (secondary N) is 1. The summed E-state index contributed by atoms with van der Waals surface area (Å²) in [6.45, 7) is 0.470. The van der Waals surface area contributed by atoms with Crippen molar-refractivity contribution in [2.45, 2.75) is 6.54 Å². The lowest BCUT2D eigenvalue weighted by Crippen LogP contribution is -2.04. The Morgan fingerprint density at radius 2 is 1.76 bits per heavy atom. The van der Waals surface area contributed by atoms with E-state index >= 15 is 0 Å². The van der Waals surface area contributed by atoms with E-state index in [-0.39, 0.29) is 11.6 Å². The van der Waals surface area contributed by atoms with Crippen molar-refractivity contribution in [3.8, 4) is 5.69 Å². The monoisotopic (exact) mass is 337 g/mol. The number of hydrogen-bond acceptors (Lipinski definition) is 4. The van der Waals surface area contributed by atoms with E-state index in [1.54, 1.807) is 36.5 Å². The van der Waals surface area contributed by atoms with Gasteiger partial charge in [0.2, 0.25) is 0 Å². The van der Waals surface area contributed by atoms with Gasteiger partial charge >= 0.3 is 0 Å². The highest BCUT2D eigenvalue weighted by atomic mass is 19.1. The molecule has 0 saturated carbocycles. The number of aromatic nitrogens is 4. The average Bonchev–Trinajstić information content (AvgIpc) is 3.06. The van der Waals surface area contributed by atoms with Crippen LogP contribution in [-0.4, -0.2) is 19.7 Å². The first-order valence-electron chi connectivity index (χ1n) is 7.64. The maximum absolute atomic E-state index is 14.0. The van der Waals surface area contributed by atoms with Crippen LogP contribution in [0.15, 0.2) is 61.1 Å². The summed E-state index contributed by atoms with van der Waals surface area (Å²) in [4.78, 5) is 8.44. The molecule has 0 saturated heterocycles. The number of halogens is 2. The summed E-state index contributed by atoms with van der Waals surface area (Å²) in [5, 5.41) is 8.09. The van der Waals surface area contributed by atoms with Crippen molar-refractivity contribution in [1.82, 2.24) is 19.7 Å². The topological polar surface area (TPSA) is 55.6 Å². The largest absolute Gasteiger partial charge is 0.365 e. The first kappa shape index (κ1) is 15.2. The molecule has 7 heteroatoms. The molecule has 0 atom stereocenters. The number of hydrogen-bond donors (Lipinski definition) is 1. The molecule has 0 unspecified atom stereocenters. The molecule has 0 amide bonds. The van der Waals surface area contributed by atoms with Crippen LogP contribution >= 0.6 is 0 Å². The van der Waals surface area contributed by atoms with Crippen molar-refractivity contribution in [3.63, 3.8) is 0 Å². The van der Waals surface area contributed by atoms with E-state index in [2.05, 4.69) is 20.4 Å². The van der Waals surface area contributed by atoms with Crippen LogP contribution in [0.25, 0.3) is 16.7 Å². The molecule has 2 aromatic carbocycles. The summed E-state index contributed by atoms with van der Waals surface area (Å²) in [7, 11) is 0. The zero-order chi connectivity index (χ0) is 17.2. The van der Waals surface area contributed by atoms with Crippen LogP contribution in [0.3, 0.4) is 0 Å². The molecule has 5 nitrogen and oxygen atoms in total. The van der Waals surface area contributed by atoms with E-state index < -0.39 is 0 Å². The number of fused-ring (bicyclic) bond motifs is 1. The third-order valence-electron chi connectivity index (χ3n) is 3.82. The lowest BCUT2D eigenvalue weighted by Gasteiger charge is -2.07. The molecule has 124 valence electrons. The van der Waals surface area contributed by atoms with Gasteiger partial charge in [-0.1, -0.05) is 24.3 Å². The highest BCUT2D eigenvalue weighted by Crippen LogP contribution is 2.23. The van der Waals surface area contributed by atoms with E-state index in [0.29, 0.717) is 29.1 Å². The number of rotatable bonds is 4. The van der Waals surface area contributed by atoms with Gasteiger partial charge < -0.3 is 5.32 Å². The van der Waals surface area contributed by atoms with Crippen molar-refractivity contribution in [2.24, 2.45) is 0 Å². The second-order valence-electron chi connectivity index (χ2n) is 5.45. The maximum atomic E-state index is 14.0. The van der Waals surface area contributed by atoms with E-state index in [1.807, 2.05) is 0 Å². The minimum atomic E-state index is -0.382. The normalized spacial score (nSPS) is 11.0. The van der Waals surface area contributed by atoms with Gasteiger partial charge in [0.1, 0.15) is 29.5 Å². The fraction of sp³-hybridized carbons (Fsp3) is 0.0556. The molecule has 4 aromatic rings. The molecular formula is C18H13F2N5. The van der Waals surface area contributed by atoms with Gasteiger partial charge in [-0.05, 0) is 29.8 Å². The standard InChI is InChI=1S/C18H13F2N5/c19-13-7-5-12(6-8-13)9-21-17-14-10-24-25(18(14)23-11-22-17)16-4-2-1-3-15(16)20/h1-8,10-11H,9H2,(H,21,22,23). The zero-order valence-corrected chi connectivity index (χ0v) is 13.0. The molecule has 0 fully saturated rings.